The van der Waals surface area contributed by atoms with Crippen LogP contribution in [0, 0.1) is 0 Å². The van der Waals surface area contributed by atoms with Crippen LogP contribution in [0.4, 0.5) is 11.5 Å². The second kappa shape index (κ2) is 7.36. The van der Waals surface area contributed by atoms with Crippen molar-refractivity contribution in [2.75, 3.05) is 19.4 Å². The first kappa shape index (κ1) is 14.0. The van der Waals surface area contributed by atoms with E-state index in [0.717, 1.165) is 6.20 Å². The van der Waals surface area contributed by atoms with Crippen molar-refractivity contribution in [1.82, 2.24) is 30.0 Å². The Morgan fingerprint density at radius 3 is 2.92 bits per heavy atom. The van der Waals surface area contributed by atoms with Gasteiger partial charge in [-0.2, -0.15) is 10.1 Å². The standard InChI is InChI=1S/C16H16ClN7O2/c1-18-15(25)10-7-19-16(17)22-14(10)21-11-6-4-5-9(12(11)26-3)13-20-8-24(2)23-13/h4-8H,1-3H3,(H,18,25)(H,19,21,22)/i1D3. The normalized spacial score (nSPS) is 12.7. The van der Waals surface area contributed by atoms with E-state index in [1.807, 2.05) is 5.32 Å². The van der Waals surface area contributed by atoms with Crippen molar-refractivity contribution in [3.8, 4) is 17.1 Å². The Morgan fingerprint density at radius 1 is 1.38 bits per heavy atom. The molecule has 0 atom stereocenters. The Hall–Kier alpha value is -3.20. The predicted molar refractivity (Wildman–Crippen MR) is 96.7 cm³/mol. The van der Waals surface area contributed by atoms with Crippen molar-refractivity contribution in [3.05, 3.63) is 41.6 Å². The number of methoxy groups -OCH3 is 1. The lowest BCUT2D eigenvalue weighted by Crippen LogP contribution is -2.20. The van der Waals surface area contributed by atoms with E-state index in [2.05, 4.69) is 25.4 Å². The van der Waals surface area contributed by atoms with Crippen molar-refractivity contribution >= 4 is 29.0 Å². The van der Waals surface area contributed by atoms with Gasteiger partial charge in [0, 0.05) is 24.3 Å². The Balaban J connectivity index is 2.02. The van der Waals surface area contributed by atoms with E-state index in [1.54, 1.807) is 36.3 Å². The summed E-state index contributed by atoms with van der Waals surface area (Å²) in [5.41, 5.74) is 0.941. The van der Waals surface area contributed by atoms with Gasteiger partial charge in [0.2, 0.25) is 5.28 Å². The van der Waals surface area contributed by atoms with Gasteiger partial charge < -0.3 is 15.4 Å². The third kappa shape index (κ3) is 3.42. The van der Waals surface area contributed by atoms with Crippen molar-refractivity contribution < 1.29 is 13.6 Å². The molecule has 3 rings (SSSR count). The lowest BCUT2D eigenvalue weighted by molar-refractivity contribution is 0.0963. The first-order valence-electron chi connectivity index (χ1n) is 8.83. The van der Waals surface area contributed by atoms with E-state index in [-0.39, 0.29) is 16.7 Å². The third-order valence-electron chi connectivity index (χ3n) is 3.43. The van der Waals surface area contributed by atoms with Crippen LogP contribution >= 0.6 is 11.6 Å². The molecule has 10 heteroatoms. The molecule has 0 spiro atoms. The number of ether oxygens (including phenoxy) is 1. The highest BCUT2D eigenvalue weighted by Crippen LogP contribution is 2.36. The number of aromatic nitrogens is 5. The average Bonchev–Trinajstić information content (AvgIpc) is 3.06. The second-order valence-corrected chi connectivity index (χ2v) is 5.45. The number of carbonyl (C=O) groups is 1. The molecular weight excluding hydrogens is 358 g/mol. The van der Waals surface area contributed by atoms with Gasteiger partial charge in [0.05, 0.1) is 18.4 Å². The molecule has 1 amide bonds. The fraction of sp³-hybridized carbons (Fsp3) is 0.188. The summed E-state index contributed by atoms with van der Waals surface area (Å²) in [6.45, 7) is -2.67. The molecule has 0 bridgehead atoms. The van der Waals surface area contributed by atoms with Gasteiger partial charge in [0.15, 0.2) is 11.6 Å². The summed E-state index contributed by atoms with van der Waals surface area (Å²) in [5, 5.41) is 8.98. The van der Waals surface area contributed by atoms with Crippen LogP contribution in [-0.2, 0) is 7.05 Å². The summed E-state index contributed by atoms with van der Waals surface area (Å²) in [4.78, 5) is 24.3. The molecule has 0 aliphatic rings. The van der Waals surface area contributed by atoms with Gasteiger partial charge in [-0.15, -0.1) is 0 Å². The van der Waals surface area contributed by atoms with Crippen LogP contribution in [0.2, 0.25) is 5.28 Å². The van der Waals surface area contributed by atoms with Crippen molar-refractivity contribution in [2.45, 2.75) is 0 Å². The highest BCUT2D eigenvalue weighted by Gasteiger charge is 2.18. The molecule has 0 fully saturated rings. The molecule has 0 saturated carbocycles. The number of aryl methyl sites for hydroxylation is 1. The lowest BCUT2D eigenvalue weighted by atomic mass is 10.1. The SMILES string of the molecule is [2H]C([2H])([2H])NC(=O)c1cnc(Cl)nc1Nc1cccc(-c2ncn(C)n2)c1OC. The molecule has 0 unspecified atom stereocenters. The highest BCUT2D eigenvalue weighted by atomic mass is 35.5. The van der Waals surface area contributed by atoms with E-state index >= 15 is 0 Å². The molecule has 0 aliphatic heterocycles. The van der Waals surface area contributed by atoms with Crippen LogP contribution < -0.4 is 15.4 Å². The summed E-state index contributed by atoms with van der Waals surface area (Å²) >= 11 is 5.87. The summed E-state index contributed by atoms with van der Waals surface area (Å²) < 4.78 is 28.7. The minimum absolute atomic E-state index is 0.0104. The number of nitrogens with one attached hydrogen (secondary N) is 2. The topological polar surface area (TPSA) is 107 Å². The van der Waals surface area contributed by atoms with Crippen molar-refractivity contribution in [2.24, 2.45) is 7.05 Å². The Bertz CT molecular complexity index is 1060. The van der Waals surface area contributed by atoms with E-state index in [0.29, 0.717) is 22.8 Å². The number of anilines is 2. The monoisotopic (exact) mass is 376 g/mol. The van der Waals surface area contributed by atoms with E-state index in [1.165, 1.54) is 7.11 Å². The van der Waals surface area contributed by atoms with Gasteiger partial charge in [0.1, 0.15) is 17.7 Å². The van der Waals surface area contributed by atoms with Gasteiger partial charge in [-0.05, 0) is 23.7 Å². The predicted octanol–water partition coefficient (Wildman–Crippen LogP) is 2.04. The van der Waals surface area contributed by atoms with Gasteiger partial charge >= 0.3 is 0 Å². The quantitative estimate of drug-likeness (QED) is 0.656. The van der Waals surface area contributed by atoms with Crippen LogP contribution in [0.1, 0.15) is 14.5 Å². The number of rotatable bonds is 5. The minimum Gasteiger partial charge on any atom is -0.494 e. The Kier molecular flexibility index (Phi) is 3.97. The zero-order valence-electron chi connectivity index (χ0n) is 16.8. The van der Waals surface area contributed by atoms with E-state index in [4.69, 9.17) is 20.5 Å². The first-order chi connectivity index (χ1) is 13.7. The highest BCUT2D eigenvalue weighted by molar-refractivity contribution is 6.28. The molecule has 2 aromatic heterocycles. The summed E-state index contributed by atoms with van der Waals surface area (Å²) in [6.07, 6.45) is 2.69. The maximum atomic E-state index is 12.3. The van der Waals surface area contributed by atoms with Crippen LogP contribution in [-0.4, -0.2) is 44.7 Å². The molecular formula is C16H16ClN7O2. The van der Waals surface area contributed by atoms with Gasteiger partial charge in [0.25, 0.3) is 5.91 Å². The van der Waals surface area contributed by atoms with Gasteiger partial charge in [-0.1, -0.05) is 6.07 Å². The first-order valence-corrected chi connectivity index (χ1v) is 7.71. The average molecular weight is 377 g/mol. The van der Waals surface area contributed by atoms with E-state index in [9.17, 15) is 4.79 Å². The van der Waals surface area contributed by atoms with Crippen molar-refractivity contribution in [3.63, 3.8) is 0 Å². The maximum absolute atomic E-state index is 12.3. The van der Waals surface area contributed by atoms with Crippen LogP contribution in [0.3, 0.4) is 0 Å². The molecule has 9 nitrogen and oxygen atoms in total. The summed E-state index contributed by atoms with van der Waals surface area (Å²) in [5.74, 6) is -0.0356. The molecule has 26 heavy (non-hydrogen) atoms. The molecule has 0 saturated heterocycles. The molecule has 2 heterocycles. The molecule has 0 aliphatic carbocycles. The fourth-order valence-electron chi connectivity index (χ4n) is 2.31. The summed E-state index contributed by atoms with van der Waals surface area (Å²) in [6, 6.07) is 5.20. The molecule has 3 aromatic rings. The molecule has 134 valence electrons. The summed E-state index contributed by atoms with van der Waals surface area (Å²) in [7, 11) is 3.21. The number of nitrogens with zero attached hydrogens (tertiary/aromatic N) is 5. The zero-order chi connectivity index (χ0) is 21.2. The molecule has 1 aromatic carbocycles. The number of hydrogen-bond acceptors (Lipinski definition) is 7. The van der Waals surface area contributed by atoms with E-state index < -0.39 is 12.9 Å². The number of hydrogen-bond donors (Lipinski definition) is 2. The van der Waals surface area contributed by atoms with Crippen LogP contribution in [0.5, 0.6) is 5.75 Å². The maximum Gasteiger partial charge on any atom is 0.256 e. The minimum atomic E-state index is -2.67. The van der Waals surface area contributed by atoms with Crippen LogP contribution in [0.25, 0.3) is 11.4 Å². The third-order valence-corrected chi connectivity index (χ3v) is 3.61. The zero-order valence-corrected chi connectivity index (χ0v) is 14.6. The second-order valence-electron chi connectivity index (χ2n) is 5.11. The largest absolute Gasteiger partial charge is 0.494 e. The fourth-order valence-corrected chi connectivity index (χ4v) is 2.44. The van der Waals surface area contributed by atoms with Gasteiger partial charge in [-0.3, -0.25) is 9.48 Å². The number of benzene rings is 1. The van der Waals surface area contributed by atoms with Crippen LogP contribution in [0.15, 0.2) is 30.7 Å². The molecule has 0 radical (unpaired) electrons. The number of para-hydroxylation sites is 1. The smallest absolute Gasteiger partial charge is 0.256 e. The number of halogens is 1. The number of amides is 1. The number of carbonyl (C=O) groups excluding carboxylic acids is 1. The lowest BCUT2D eigenvalue weighted by Gasteiger charge is -2.15. The Labute approximate surface area is 158 Å². The van der Waals surface area contributed by atoms with Gasteiger partial charge in [-0.25, -0.2) is 9.97 Å². The molecule has 2 N–H and O–H groups in total. The van der Waals surface area contributed by atoms with Crippen molar-refractivity contribution in [1.29, 1.82) is 0 Å². The Morgan fingerprint density at radius 2 is 2.23 bits per heavy atom.